The van der Waals surface area contributed by atoms with Gasteiger partial charge in [-0.15, -0.1) is 0 Å². The molecule has 0 radical (unpaired) electrons. The standard InChI is InChI=1S/C18H26ClN3O.H3O4P/c1-3-22(4-2)11-13-23-12-5-9-20-17-8-10-21-18-14-15(19)6-7-16(17)18;1-5(2,3)4/h6-8,10,14H,3-5,9,11-13H2,1-2H3,(H,20,21);(H3,1,2,3,4). The van der Waals surface area contributed by atoms with Crippen LogP contribution in [0, 0.1) is 0 Å². The lowest BCUT2D eigenvalue weighted by Crippen LogP contribution is -2.27. The largest absolute Gasteiger partial charge is 0.466 e. The molecule has 2 rings (SSSR count). The summed E-state index contributed by atoms with van der Waals surface area (Å²) >= 11 is 6.01. The predicted octanol–water partition coefficient (Wildman–Crippen LogP) is 3.12. The van der Waals surface area contributed by atoms with Crippen molar-refractivity contribution in [3.05, 3.63) is 35.5 Å². The van der Waals surface area contributed by atoms with E-state index in [1.165, 1.54) is 0 Å². The molecule has 2 aromatic rings. The molecular formula is C18H29ClN3O5P. The molecule has 0 amide bonds. The zero-order valence-corrected chi connectivity index (χ0v) is 17.9. The van der Waals surface area contributed by atoms with Gasteiger partial charge in [0.15, 0.2) is 0 Å². The van der Waals surface area contributed by atoms with E-state index in [2.05, 4.69) is 29.0 Å². The highest BCUT2D eigenvalue weighted by molar-refractivity contribution is 7.45. The average molecular weight is 434 g/mol. The number of fused-ring (bicyclic) bond motifs is 1. The van der Waals surface area contributed by atoms with E-state index in [0.29, 0.717) is 5.02 Å². The van der Waals surface area contributed by atoms with Crippen LogP contribution in [0.3, 0.4) is 0 Å². The number of hydrogen-bond acceptors (Lipinski definition) is 5. The maximum Gasteiger partial charge on any atom is 0.466 e. The van der Waals surface area contributed by atoms with E-state index in [1.807, 2.05) is 30.5 Å². The lowest BCUT2D eigenvalue weighted by atomic mass is 10.2. The van der Waals surface area contributed by atoms with Gasteiger partial charge in [0, 0.05) is 42.0 Å². The Kier molecular flexibility index (Phi) is 11.6. The summed E-state index contributed by atoms with van der Waals surface area (Å²) in [5, 5.41) is 5.26. The summed E-state index contributed by atoms with van der Waals surface area (Å²) in [6.07, 6.45) is 2.79. The smallest absolute Gasteiger partial charge is 0.384 e. The summed E-state index contributed by atoms with van der Waals surface area (Å²) in [5.41, 5.74) is 2.01. The van der Waals surface area contributed by atoms with Crippen molar-refractivity contribution < 1.29 is 24.0 Å². The second kappa shape index (κ2) is 13.1. The Hall–Kier alpha value is -1.25. The van der Waals surface area contributed by atoms with E-state index in [-0.39, 0.29) is 0 Å². The zero-order chi connectivity index (χ0) is 21.0. The van der Waals surface area contributed by atoms with Gasteiger partial charge in [0.25, 0.3) is 0 Å². The van der Waals surface area contributed by atoms with Gasteiger partial charge in [0.05, 0.1) is 12.1 Å². The highest BCUT2D eigenvalue weighted by Crippen LogP contribution is 2.26. The Labute approximate surface area is 170 Å². The van der Waals surface area contributed by atoms with Crippen molar-refractivity contribution >= 4 is 36.0 Å². The van der Waals surface area contributed by atoms with Crippen LogP contribution in [0.25, 0.3) is 10.9 Å². The molecule has 0 saturated carbocycles. The summed E-state index contributed by atoms with van der Waals surface area (Å²) in [5.74, 6) is 0. The number of aromatic nitrogens is 1. The first-order valence-corrected chi connectivity index (χ1v) is 11.1. The molecule has 0 unspecified atom stereocenters. The van der Waals surface area contributed by atoms with E-state index in [4.69, 9.17) is 35.6 Å². The monoisotopic (exact) mass is 433 g/mol. The van der Waals surface area contributed by atoms with Crippen molar-refractivity contribution in [1.82, 2.24) is 9.88 Å². The van der Waals surface area contributed by atoms with Gasteiger partial charge in [-0.05, 0) is 43.8 Å². The van der Waals surface area contributed by atoms with Crippen LogP contribution in [0.1, 0.15) is 20.3 Å². The quantitative estimate of drug-likeness (QED) is 0.333. The van der Waals surface area contributed by atoms with Gasteiger partial charge in [-0.2, -0.15) is 0 Å². The Bertz CT molecular complexity index is 747. The maximum absolute atomic E-state index is 8.88. The lowest BCUT2D eigenvalue weighted by molar-refractivity contribution is 0.107. The second-order valence-corrected chi connectivity index (χ2v) is 7.42. The number of ether oxygens (including phenoxy) is 1. The molecule has 8 nitrogen and oxygen atoms in total. The maximum atomic E-state index is 8.88. The van der Waals surface area contributed by atoms with E-state index in [0.717, 1.165) is 62.4 Å². The molecular weight excluding hydrogens is 405 g/mol. The van der Waals surface area contributed by atoms with Crippen LogP contribution in [0.2, 0.25) is 5.02 Å². The number of benzene rings is 1. The molecule has 0 atom stereocenters. The third-order valence-corrected chi connectivity index (χ3v) is 4.17. The highest BCUT2D eigenvalue weighted by atomic mass is 35.5. The molecule has 0 saturated heterocycles. The number of pyridine rings is 1. The van der Waals surface area contributed by atoms with Crippen molar-refractivity contribution in [2.45, 2.75) is 20.3 Å². The lowest BCUT2D eigenvalue weighted by Gasteiger charge is -2.17. The topological polar surface area (TPSA) is 115 Å². The summed E-state index contributed by atoms with van der Waals surface area (Å²) in [6.45, 7) is 10.0. The molecule has 1 aromatic carbocycles. The summed E-state index contributed by atoms with van der Waals surface area (Å²) in [4.78, 5) is 28.3. The van der Waals surface area contributed by atoms with Crippen molar-refractivity contribution in [3.63, 3.8) is 0 Å². The molecule has 0 bridgehead atoms. The van der Waals surface area contributed by atoms with Crippen LogP contribution in [-0.2, 0) is 9.30 Å². The van der Waals surface area contributed by atoms with E-state index >= 15 is 0 Å². The fourth-order valence-corrected chi connectivity index (χ4v) is 2.67. The fraction of sp³-hybridized carbons (Fsp3) is 0.500. The molecule has 0 aliphatic carbocycles. The van der Waals surface area contributed by atoms with Gasteiger partial charge in [-0.3, -0.25) is 4.98 Å². The summed E-state index contributed by atoms with van der Waals surface area (Å²) in [7, 11) is -4.64. The van der Waals surface area contributed by atoms with Crippen molar-refractivity contribution in [1.29, 1.82) is 0 Å². The Morgan fingerprint density at radius 2 is 1.86 bits per heavy atom. The Morgan fingerprint density at radius 3 is 2.50 bits per heavy atom. The molecule has 0 aliphatic rings. The van der Waals surface area contributed by atoms with Gasteiger partial charge in [-0.25, -0.2) is 4.57 Å². The van der Waals surface area contributed by atoms with Crippen molar-refractivity contribution in [3.8, 4) is 0 Å². The van der Waals surface area contributed by atoms with Crippen LogP contribution in [-0.4, -0.2) is 64.0 Å². The number of likely N-dealkylation sites (N-methyl/N-ethyl adjacent to an activating group) is 1. The van der Waals surface area contributed by atoms with Crippen LogP contribution >= 0.6 is 19.4 Å². The van der Waals surface area contributed by atoms with Crippen LogP contribution in [0.15, 0.2) is 30.5 Å². The molecule has 158 valence electrons. The fourth-order valence-electron chi connectivity index (χ4n) is 2.51. The Balaban J connectivity index is 0.000000696. The molecule has 0 fully saturated rings. The number of hydrogen-bond donors (Lipinski definition) is 4. The van der Waals surface area contributed by atoms with Gasteiger partial charge in [0.1, 0.15) is 0 Å². The van der Waals surface area contributed by atoms with Crippen LogP contribution in [0.4, 0.5) is 5.69 Å². The van der Waals surface area contributed by atoms with Gasteiger partial charge < -0.3 is 29.6 Å². The number of rotatable bonds is 10. The van der Waals surface area contributed by atoms with Crippen LogP contribution < -0.4 is 5.32 Å². The SMILES string of the molecule is CCN(CC)CCOCCCNc1ccnc2cc(Cl)ccc12.O=P(O)(O)O. The summed E-state index contributed by atoms with van der Waals surface area (Å²) < 4.78 is 14.6. The number of anilines is 1. The first kappa shape index (κ1) is 24.8. The third-order valence-electron chi connectivity index (χ3n) is 3.93. The van der Waals surface area contributed by atoms with Crippen molar-refractivity contribution in [2.24, 2.45) is 0 Å². The first-order valence-electron chi connectivity index (χ1n) is 9.11. The van der Waals surface area contributed by atoms with E-state index in [9.17, 15) is 0 Å². The van der Waals surface area contributed by atoms with E-state index in [1.54, 1.807) is 0 Å². The molecule has 4 N–H and O–H groups in total. The molecule has 0 aliphatic heterocycles. The van der Waals surface area contributed by atoms with E-state index < -0.39 is 7.82 Å². The minimum atomic E-state index is -4.64. The Morgan fingerprint density at radius 1 is 1.18 bits per heavy atom. The highest BCUT2D eigenvalue weighted by Gasteiger charge is 2.02. The second-order valence-electron chi connectivity index (χ2n) is 5.95. The third kappa shape index (κ3) is 10.9. The minimum absolute atomic E-state index is 0.712. The molecule has 1 heterocycles. The molecule has 0 spiro atoms. The molecule has 28 heavy (non-hydrogen) atoms. The number of nitrogens with one attached hydrogen (secondary N) is 1. The predicted molar refractivity (Wildman–Crippen MR) is 113 cm³/mol. The van der Waals surface area contributed by atoms with Gasteiger partial charge in [0.2, 0.25) is 0 Å². The van der Waals surface area contributed by atoms with Crippen molar-refractivity contribution in [2.75, 3.05) is 44.7 Å². The number of nitrogens with zero attached hydrogens (tertiary/aromatic N) is 2. The summed E-state index contributed by atoms with van der Waals surface area (Å²) in [6, 6.07) is 7.79. The zero-order valence-electron chi connectivity index (χ0n) is 16.2. The van der Waals surface area contributed by atoms with Crippen LogP contribution in [0.5, 0.6) is 0 Å². The molecule has 10 heteroatoms. The normalized spacial score (nSPS) is 11.4. The van der Waals surface area contributed by atoms with Gasteiger partial charge in [-0.1, -0.05) is 25.4 Å². The van der Waals surface area contributed by atoms with Gasteiger partial charge >= 0.3 is 7.82 Å². The molecule has 1 aromatic heterocycles. The number of halogens is 1. The average Bonchev–Trinajstić information content (AvgIpc) is 2.62. The minimum Gasteiger partial charge on any atom is -0.384 e. The first-order chi connectivity index (χ1) is 13.2. The number of phosphoric acid groups is 1.